The lowest BCUT2D eigenvalue weighted by molar-refractivity contribution is 3.10. The minimum atomic E-state index is -2.99. The second-order valence-electron chi connectivity index (χ2n) is 39.5. The molecule has 0 atom stereocenters. The van der Waals surface area contributed by atoms with Gasteiger partial charge in [-0.1, -0.05) is 0 Å². The van der Waals surface area contributed by atoms with Gasteiger partial charge in [0.1, 0.15) is 0 Å². The Kier molecular flexibility index (Phi) is 72.9. The van der Waals surface area contributed by atoms with Crippen LogP contribution in [0.25, 0.3) is 0 Å². The van der Waals surface area contributed by atoms with Crippen LogP contribution in [0.15, 0.2) is 0 Å². The molecular weight excluding hydrogens is 1500 g/mol. The Morgan fingerprint density at radius 3 is 0.158 bits per heavy atom. The van der Waals surface area contributed by atoms with Crippen molar-refractivity contribution in [1.29, 1.82) is 0 Å². The molecule has 0 bridgehead atoms. The fourth-order valence-corrected chi connectivity index (χ4v) is 25.5. The van der Waals surface area contributed by atoms with Crippen LogP contribution in [0, 0.1) is 0 Å². The molecule has 0 heterocycles. The Hall–Kier alpha value is 9.03. The monoisotopic (exact) mass is 1530 g/mol. The van der Waals surface area contributed by atoms with Gasteiger partial charge in [0.2, 0.25) is 0 Å². The summed E-state index contributed by atoms with van der Waals surface area (Å²) in [5.74, 6) is 0. The van der Waals surface area contributed by atoms with Crippen LogP contribution >= 0.6 is 0 Å². The molecule has 0 aliphatic rings. The normalized spacial score (nSPS) is 9.87. The smallest absolute Gasteiger partial charge is 0 e. The van der Waals surface area contributed by atoms with Gasteiger partial charge in [0.15, 0.2) is 0 Å². The second-order valence-corrected chi connectivity index (χ2v) is 39.5. The fourth-order valence-electron chi connectivity index (χ4n) is 25.5. The molecule has 0 spiro atoms. The van der Waals surface area contributed by atoms with Crippen molar-refractivity contribution < 1.29 is 0 Å². The van der Waals surface area contributed by atoms with Crippen LogP contribution in [0.5, 0.6) is 0 Å². The van der Waals surface area contributed by atoms with Crippen LogP contribution in [0.4, 0.5) is 0 Å². The van der Waals surface area contributed by atoms with Gasteiger partial charge >= 0.3 is 0 Å². The van der Waals surface area contributed by atoms with Crippen LogP contribution < -0.4 is 0 Å². The van der Waals surface area contributed by atoms with Gasteiger partial charge in [-0.25, -0.2) is 0 Å². The molecule has 0 N–H and O–H groups in total. The zero-order valence-electron chi connectivity index (χ0n) is 80.3. The Morgan fingerprint density at radius 2 is 0.108 bits per heavy atom. The summed E-state index contributed by atoms with van der Waals surface area (Å²) in [4.78, 5) is 0. The average molecular weight is 1500 g/mol. The minimum Gasteiger partial charge on any atom is 0 e. The Balaban J connectivity index is 18.2. The van der Waals surface area contributed by atoms with E-state index in [1.807, 2.05) is 0 Å². The lowest BCUT2D eigenvalue weighted by Crippen LogP contribution is -3.03. The van der Waals surface area contributed by atoms with E-state index >= 15 is 0 Å². The van der Waals surface area contributed by atoms with Gasteiger partial charge in [0.05, 0.1) is 0 Å². The third-order valence-electron chi connectivity index (χ3n) is 30.0. The van der Waals surface area contributed by atoms with E-state index in [0.29, 0.717) is 0 Å². The molecule has 0 unspecified atom stereocenters. The lowest BCUT2D eigenvalue weighted by atomic mass is 8.16. The molecule has 0 saturated heterocycles. The summed E-state index contributed by atoms with van der Waals surface area (Å²) in [6.07, 6.45) is -155. The van der Waals surface area contributed by atoms with Crippen LogP contribution in [-0.4, -0.2) is 983 Å². The van der Waals surface area contributed by atoms with Crippen LogP contribution in [0.1, 0.15) is 0 Å². The molecule has 0 aliphatic heterocycles. The predicted octanol–water partition coefficient (Wildman–Crippen LogP) is -52.9. The van der Waals surface area contributed by atoms with Gasteiger partial charge in [-0.3, -0.25) is 0 Å². The first-order valence-corrected chi connectivity index (χ1v) is 46.0. The van der Waals surface area contributed by atoms with Crippen molar-refractivity contribution in [3.8, 4) is 0 Å². The highest BCUT2D eigenvalue weighted by molar-refractivity contribution is 8.48. The fraction of sp³-hybridized carbons (Fsp3) is 0. The average Bonchev–Trinajstić information content (AvgIpc) is 0.695. The molecule has 417 valence electrons. The van der Waals surface area contributed by atoms with Crippen molar-refractivity contribution in [3.63, 3.8) is 0 Å². The van der Waals surface area contributed by atoms with Crippen molar-refractivity contribution in [3.05, 3.63) is 0 Å². The van der Waals surface area contributed by atoms with Crippen molar-refractivity contribution in [1.82, 2.24) is 0 Å². The highest BCUT2D eigenvalue weighted by Gasteiger charge is 2.72. The number of rotatable bonds is 68. The first-order valence-electron chi connectivity index (χ1n) is 46.0. The Labute approximate surface area is 972 Å². The highest BCUT2D eigenvalue weighted by atomic mass is 13.5. The summed E-state index contributed by atoms with van der Waals surface area (Å²) in [5, 5.41) is 0. The zero-order chi connectivity index (χ0) is 110. The maximum atomic E-state index is 8.05. The molecule has 141 radical (unpaired) electrons. The van der Waals surface area contributed by atoms with Gasteiger partial charge in [-0.05, 0) is 0 Å². The molecule has 0 amide bonds. The first-order chi connectivity index (χ1) is 63.3. The Morgan fingerprint density at radius 1 is 0.0647 bits per heavy atom. The largest absolute Gasteiger partial charge is 0 e. The van der Waals surface area contributed by atoms with Gasteiger partial charge in [0.25, 0.3) is 0 Å². The molecule has 0 nitrogen and oxygen atoms in total. The summed E-state index contributed by atoms with van der Waals surface area (Å²) in [6.45, 7) is 0. The zero-order valence-corrected chi connectivity index (χ0v) is 80.3. The lowest BCUT2D eigenvalue weighted by Gasteiger charge is -2.65. The molecule has 0 saturated carbocycles. The molecule has 139 heteroatoms. The van der Waals surface area contributed by atoms with E-state index < -0.39 is 434 Å². The van der Waals surface area contributed by atoms with Crippen molar-refractivity contribution >= 4 is 983 Å². The summed E-state index contributed by atoms with van der Waals surface area (Å²) >= 11 is 0. The molecule has 0 aromatic heterocycles. The Bertz CT molecular complexity index is 2430. The summed E-state index contributed by atoms with van der Waals surface area (Å²) in [7, 11) is 528. The molecular formula is B139. The van der Waals surface area contributed by atoms with Gasteiger partial charge in [-0.15, -0.1) is 0 Å². The van der Waals surface area contributed by atoms with E-state index in [1.165, 1.54) is 0 Å². The molecule has 0 rings (SSSR count). The predicted molar refractivity (Wildman–Crippen MR) is 800 cm³/mol. The van der Waals surface area contributed by atoms with Crippen molar-refractivity contribution in [2.24, 2.45) is 0 Å². The molecule has 0 aliphatic carbocycles. The van der Waals surface area contributed by atoms with E-state index in [2.05, 4.69) is 0 Å². The topological polar surface area (TPSA) is 0 Å². The molecule has 139 heavy (non-hydrogen) atoms. The van der Waals surface area contributed by atoms with Crippen LogP contribution in [0.3, 0.4) is 0 Å². The first kappa shape index (κ1) is 148. The standard InChI is InChI=1S/B139/c1-71-106(70)124(107(72(2)3)73(4)5)133(125(108(74(6)7)75(8)9)109(76(10)11)77(12)13)137(132(122(102(62)63)103(64)65)123(104(66)67)105(68)69)139(136(130(118(94(46)47)95(48)49)119(96(50)51)97(52)53)131(120(98(54)55)99(56)57)121(100(58)59)101(60)61)138(134(126(110(78(14)15)79(16)17)111(80(18)19)81(20)21)127(112(82(22)23)83(24)25)113(84(26)27)85(28)29)135(128(114(86(30)31)87(32)33)115(88(34)35)89(36)37)129(116(90(38)39)91(40)41)117(92(42)43)93(44)45. The second kappa shape index (κ2) is 68.4. The summed E-state index contributed by atoms with van der Waals surface area (Å²) < 4.78 is 0. The molecule has 0 aromatic carbocycles. The third kappa shape index (κ3) is 39.7. The van der Waals surface area contributed by atoms with E-state index in [0.717, 1.165) is 7.06 Å². The van der Waals surface area contributed by atoms with E-state index in [4.69, 9.17) is 542 Å². The van der Waals surface area contributed by atoms with Gasteiger partial charge in [0, 0.05) is 983 Å². The SMILES string of the molecule is [B][B]B([B])B(B(B([B])[B])B([B])[B])B(B(B(B([B])[B])B([B])[B])B(B([B])[B])B([B])[B])B(B(B(B([B])[B])B([B])[B])B(B([B])[B])B([B])[B])B(B(B(B(B([B])[B])B([B])[B])B(B([B])[B])B([B])[B])B(B(B([B])[B])B([B])[B])B(B([B])[B])B([B])[B])B(B(B(B(B([B])[B])B([B])[B])B(B([B])[B])B([B])[B])B(B(B([B])[B])B([B])[B])B(B([B])[B])B([B])[B])B(B(B(B([B])[B])B([B])[B])B(B([B])[B])B([B])[B])B(B(B([B])[B])B([B])[B])B(B([B])[B])B([B])[B]. The molecule has 0 fully saturated rings. The summed E-state index contributed by atoms with van der Waals surface area (Å²) in [5.41, 5.74) is 0. The summed E-state index contributed by atoms with van der Waals surface area (Å²) in [6, 6.07) is 0. The van der Waals surface area contributed by atoms with Crippen LogP contribution in [0.2, 0.25) is 0 Å². The van der Waals surface area contributed by atoms with Crippen molar-refractivity contribution in [2.45, 2.75) is 0 Å². The maximum absolute atomic E-state index is 8.05. The van der Waals surface area contributed by atoms with E-state index in [9.17, 15) is 0 Å². The number of hydrogen-bond donors (Lipinski definition) is 0. The molecule has 0 aromatic rings. The van der Waals surface area contributed by atoms with Crippen molar-refractivity contribution in [2.75, 3.05) is 0 Å². The quantitative estimate of drug-likeness (QED) is 0.0533. The highest BCUT2D eigenvalue weighted by Crippen LogP contribution is 2.34. The number of hydrogen-bond acceptors (Lipinski definition) is 0. The van der Waals surface area contributed by atoms with Crippen LogP contribution in [-0.2, 0) is 0 Å². The van der Waals surface area contributed by atoms with Gasteiger partial charge < -0.3 is 0 Å². The van der Waals surface area contributed by atoms with E-state index in [1.54, 1.807) is 0 Å². The maximum Gasteiger partial charge on any atom is 0 e. The minimum absolute atomic E-state index is 0.857. The van der Waals surface area contributed by atoms with Gasteiger partial charge in [-0.2, -0.15) is 0 Å². The third-order valence-corrected chi connectivity index (χ3v) is 30.0. The van der Waals surface area contributed by atoms with E-state index in [-0.39, 0.29) is 0 Å².